The van der Waals surface area contributed by atoms with E-state index in [4.69, 9.17) is 37.2 Å². The van der Waals surface area contributed by atoms with E-state index in [2.05, 4.69) is 23.7 Å². The monoisotopic (exact) mass is 288 g/mol. The second-order valence-corrected chi connectivity index (χ2v) is 5.38. The summed E-state index contributed by atoms with van der Waals surface area (Å²) >= 11 is 0. The van der Waals surface area contributed by atoms with Gasteiger partial charge in [-0.2, -0.15) is 0 Å². The van der Waals surface area contributed by atoms with Crippen molar-refractivity contribution in [2.24, 2.45) is 11.5 Å². The van der Waals surface area contributed by atoms with Crippen LogP contribution in [0.4, 0.5) is 0 Å². The van der Waals surface area contributed by atoms with E-state index in [0.717, 1.165) is 11.1 Å². The summed E-state index contributed by atoms with van der Waals surface area (Å²) in [5.41, 5.74) is 12.9. The Labute approximate surface area is 133 Å². The normalized spacial score (nSPS) is 10.8. The van der Waals surface area contributed by atoms with Crippen LogP contribution in [-0.2, 0) is 11.1 Å². The number of hydrogen-bond donors (Lipinski definition) is 2. The maximum absolute atomic E-state index is 6.49. The summed E-state index contributed by atoms with van der Waals surface area (Å²) in [6.45, 7) is 0. The van der Waals surface area contributed by atoms with Crippen molar-refractivity contribution in [3.8, 4) is 49.4 Å². The van der Waals surface area contributed by atoms with Crippen molar-refractivity contribution >= 4 is 0 Å². The SMILES string of the molecule is C#CCC(N)(CC#C)c1ccccc1C(N)(CC#C)CC#C. The van der Waals surface area contributed by atoms with Crippen LogP contribution in [0.1, 0.15) is 36.8 Å². The van der Waals surface area contributed by atoms with Crippen LogP contribution < -0.4 is 11.5 Å². The highest BCUT2D eigenvalue weighted by Crippen LogP contribution is 2.36. The zero-order valence-electron chi connectivity index (χ0n) is 12.6. The predicted octanol–water partition coefficient (Wildman–Crippen LogP) is 2.09. The van der Waals surface area contributed by atoms with E-state index in [1.54, 1.807) is 0 Å². The third-order valence-corrected chi connectivity index (χ3v) is 3.67. The second kappa shape index (κ2) is 7.41. The van der Waals surface area contributed by atoms with Crippen LogP contribution in [0.15, 0.2) is 24.3 Å². The molecule has 0 saturated carbocycles. The molecule has 0 aliphatic rings. The molecule has 22 heavy (non-hydrogen) atoms. The molecule has 1 rings (SSSR count). The zero-order chi connectivity index (χ0) is 16.6. The molecule has 2 heteroatoms. The molecule has 0 aliphatic carbocycles. The van der Waals surface area contributed by atoms with E-state index in [0.29, 0.717) is 25.7 Å². The van der Waals surface area contributed by atoms with Crippen LogP contribution in [0.25, 0.3) is 0 Å². The van der Waals surface area contributed by atoms with Gasteiger partial charge in [-0.1, -0.05) is 24.3 Å². The smallest absolute Gasteiger partial charge is 0.0634 e. The Kier molecular flexibility index (Phi) is 5.87. The Morgan fingerprint density at radius 2 is 0.955 bits per heavy atom. The lowest BCUT2D eigenvalue weighted by atomic mass is 9.74. The van der Waals surface area contributed by atoms with Gasteiger partial charge in [0.1, 0.15) is 0 Å². The first-order valence-electron chi connectivity index (χ1n) is 6.89. The van der Waals surface area contributed by atoms with Crippen LogP contribution in [0, 0.1) is 49.4 Å². The fraction of sp³-hybridized carbons (Fsp3) is 0.300. The van der Waals surface area contributed by atoms with Gasteiger partial charge < -0.3 is 11.5 Å². The molecule has 0 fully saturated rings. The lowest BCUT2D eigenvalue weighted by Crippen LogP contribution is -2.43. The topological polar surface area (TPSA) is 52.0 Å². The van der Waals surface area contributed by atoms with E-state index in [9.17, 15) is 0 Å². The summed E-state index contributed by atoms with van der Waals surface area (Å²) in [7, 11) is 0. The molecule has 0 aliphatic heterocycles. The van der Waals surface area contributed by atoms with Crippen molar-refractivity contribution in [1.29, 1.82) is 0 Å². The van der Waals surface area contributed by atoms with E-state index in [1.807, 2.05) is 24.3 Å². The van der Waals surface area contributed by atoms with Gasteiger partial charge in [0.05, 0.1) is 11.1 Å². The fourth-order valence-electron chi connectivity index (χ4n) is 2.59. The Balaban J connectivity index is 3.54. The number of rotatable bonds is 6. The fourth-order valence-corrected chi connectivity index (χ4v) is 2.59. The van der Waals surface area contributed by atoms with Crippen molar-refractivity contribution in [2.75, 3.05) is 0 Å². The quantitative estimate of drug-likeness (QED) is 0.788. The van der Waals surface area contributed by atoms with Gasteiger partial charge in [0.15, 0.2) is 0 Å². The predicted molar refractivity (Wildman–Crippen MR) is 92.0 cm³/mol. The molecule has 4 N–H and O–H groups in total. The molecule has 110 valence electrons. The molecule has 0 atom stereocenters. The van der Waals surface area contributed by atoms with Crippen LogP contribution >= 0.6 is 0 Å². The summed E-state index contributed by atoms with van der Waals surface area (Å²) in [5, 5.41) is 0. The molecule has 0 radical (unpaired) electrons. The number of benzene rings is 1. The lowest BCUT2D eigenvalue weighted by Gasteiger charge is -2.35. The molecule has 0 unspecified atom stereocenters. The average Bonchev–Trinajstić information content (AvgIpc) is 2.48. The number of hydrogen-bond acceptors (Lipinski definition) is 2. The van der Waals surface area contributed by atoms with Crippen molar-refractivity contribution in [3.05, 3.63) is 35.4 Å². The molecule has 0 amide bonds. The van der Waals surface area contributed by atoms with Crippen LogP contribution in [0.3, 0.4) is 0 Å². The van der Waals surface area contributed by atoms with Crippen molar-refractivity contribution in [2.45, 2.75) is 36.8 Å². The second-order valence-electron chi connectivity index (χ2n) is 5.38. The molecule has 0 saturated heterocycles. The molecule has 1 aromatic rings. The minimum absolute atomic E-state index is 0.302. The van der Waals surface area contributed by atoms with Crippen LogP contribution in [0.2, 0.25) is 0 Å². The third kappa shape index (κ3) is 3.52. The van der Waals surface area contributed by atoms with Gasteiger partial charge >= 0.3 is 0 Å². The average molecular weight is 288 g/mol. The van der Waals surface area contributed by atoms with Crippen LogP contribution in [0.5, 0.6) is 0 Å². The highest BCUT2D eigenvalue weighted by Gasteiger charge is 2.35. The van der Waals surface area contributed by atoms with Gasteiger partial charge in [0, 0.05) is 25.7 Å². The minimum atomic E-state index is -0.853. The molecule has 2 nitrogen and oxygen atoms in total. The standard InChI is InChI=1S/C20H20N2/c1-5-13-19(21,14-6-2)17-11-9-10-12-18(17)20(22,15-7-3)16-8-4/h1-4,9-12H,13-16,21-22H2. The molecule has 0 heterocycles. The summed E-state index contributed by atoms with van der Waals surface area (Å²) < 4.78 is 0. The van der Waals surface area contributed by atoms with Gasteiger partial charge in [-0.3, -0.25) is 0 Å². The summed E-state index contributed by atoms with van der Waals surface area (Å²) in [6.07, 6.45) is 23.1. The molecular weight excluding hydrogens is 268 g/mol. The Hall–Kier alpha value is -2.62. The number of terminal acetylenes is 4. The van der Waals surface area contributed by atoms with Gasteiger partial charge in [-0.05, 0) is 11.1 Å². The Bertz CT molecular complexity index is 593. The van der Waals surface area contributed by atoms with E-state index < -0.39 is 11.1 Å². The molecule has 1 aromatic carbocycles. The maximum Gasteiger partial charge on any atom is 0.0634 e. The summed E-state index contributed by atoms with van der Waals surface area (Å²) in [6, 6.07) is 7.52. The first-order chi connectivity index (χ1) is 10.5. The lowest BCUT2D eigenvalue weighted by molar-refractivity contribution is 0.420. The largest absolute Gasteiger partial charge is 0.320 e. The third-order valence-electron chi connectivity index (χ3n) is 3.67. The maximum atomic E-state index is 6.49. The van der Waals surface area contributed by atoms with Crippen molar-refractivity contribution in [3.63, 3.8) is 0 Å². The first-order valence-corrected chi connectivity index (χ1v) is 6.89. The molecule has 0 aromatic heterocycles. The van der Waals surface area contributed by atoms with Crippen LogP contribution in [-0.4, -0.2) is 0 Å². The van der Waals surface area contributed by atoms with Crippen molar-refractivity contribution < 1.29 is 0 Å². The van der Waals surface area contributed by atoms with Gasteiger partial charge in [-0.15, -0.1) is 49.4 Å². The zero-order valence-corrected chi connectivity index (χ0v) is 12.6. The van der Waals surface area contributed by atoms with E-state index in [1.165, 1.54) is 0 Å². The summed E-state index contributed by atoms with van der Waals surface area (Å²) in [4.78, 5) is 0. The molecular formula is C20H20N2. The highest BCUT2D eigenvalue weighted by atomic mass is 14.8. The van der Waals surface area contributed by atoms with Crippen molar-refractivity contribution in [1.82, 2.24) is 0 Å². The summed E-state index contributed by atoms with van der Waals surface area (Å²) in [5.74, 6) is 10.4. The minimum Gasteiger partial charge on any atom is -0.320 e. The van der Waals surface area contributed by atoms with Gasteiger partial charge in [-0.25, -0.2) is 0 Å². The number of nitrogens with two attached hydrogens (primary N) is 2. The highest BCUT2D eigenvalue weighted by molar-refractivity contribution is 5.41. The first kappa shape index (κ1) is 17.4. The Morgan fingerprint density at radius 1 is 0.682 bits per heavy atom. The van der Waals surface area contributed by atoms with Gasteiger partial charge in [0.2, 0.25) is 0 Å². The molecule has 0 spiro atoms. The van der Waals surface area contributed by atoms with E-state index in [-0.39, 0.29) is 0 Å². The van der Waals surface area contributed by atoms with Gasteiger partial charge in [0.25, 0.3) is 0 Å². The molecule has 0 bridgehead atoms. The van der Waals surface area contributed by atoms with E-state index >= 15 is 0 Å². The Morgan fingerprint density at radius 3 is 1.18 bits per heavy atom.